The van der Waals surface area contributed by atoms with Gasteiger partial charge in [-0.1, -0.05) is 0 Å². The first-order valence-corrected chi connectivity index (χ1v) is 7.39. The van der Waals surface area contributed by atoms with Crippen LogP contribution in [0.2, 0.25) is 0 Å². The zero-order valence-electron chi connectivity index (χ0n) is 8.62. The summed E-state index contributed by atoms with van der Waals surface area (Å²) in [6.07, 6.45) is 0. The van der Waals surface area contributed by atoms with Crippen molar-refractivity contribution in [3.8, 4) is 5.75 Å². The maximum atomic E-state index is 11.4. The number of benzene rings is 2. The minimum absolute atomic E-state index is 0.146. The predicted molar refractivity (Wildman–Crippen MR) is 64.6 cm³/mol. The minimum atomic E-state index is -4.35. The third kappa shape index (κ3) is 2.22. The van der Waals surface area contributed by atoms with Gasteiger partial charge < -0.3 is 0 Å². The standard InChI is InChI=1S/C10H9NO4S.In/c11-8-3-1-2-7-6(8)4-5-9(12)10(7)16(13,14)15;/h1-5,12H,11H2,(H,13,14,15);/q;+1/p-1. The van der Waals surface area contributed by atoms with Crippen LogP contribution in [0.25, 0.3) is 10.8 Å². The van der Waals surface area contributed by atoms with Crippen LogP contribution in [0.5, 0.6) is 5.75 Å². The third-order valence-corrected chi connectivity index (χ3v) is 4.06. The van der Waals surface area contributed by atoms with Crippen molar-refractivity contribution in [2.75, 3.05) is 5.73 Å². The Morgan fingerprint density at radius 3 is 2.47 bits per heavy atom. The summed E-state index contributed by atoms with van der Waals surface area (Å²) in [5.41, 5.74) is 6.20. The average molecular weight is 353 g/mol. The van der Waals surface area contributed by atoms with Gasteiger partial charge in [-0.15, -0.1) is 0 Å². The average Bonchev–Trinajstić information content (AvgIpc) is 2.26. The number of hydrogen-bond acceptors (Lipinski definition) is 4. The second-order valence-electron chi connectivity index (χ2n) is 3.43. The number of hydrogen-bond donors (Lipinski definition) is 2. The van der Waals surface area contributed by atoms with Crippen LogP contribution in [0, 0.1) is 0 Å². The zero-order valence-corrected chi connectivity index (χ0v) is 12.7. The summed E-state index contributed by atoms with van der Waals surface area (Å²) in [5, 5.41) is 0.931. The zero-order chi connectivity index (χ0) is 12.6. The molecule has 3 N–H and O–H groups in total. The van der Waals surface area contributed by atoms with Crippen molar-refractivity contribution in [2.24, 2.45) is 0 Å². The molecule has 2 aromatic carbocycles. The van der Waals surface area contributed by atoms with Gasteiger partial charge in [-0.2, -0.15) is 0 Å². The first-order chi connectivity index (χ1) is 7.95. The Bertz CT molecular complexity index is 684. The van der Waals surface area contributed by atoms with Crippen LogP contribution in [0.4, 0.5) is 5.69 Å². The molecule has 0 aliphatic heterocycles. The van der Waals surface area contributed by atoms with Crippen molar-refractivity contribution in [2.45, 2.75) is 4.90 Å². The first kappa shape index (κ1) is 12.5. The second-order valence-corrected chi connectivity index (χ2v) is 5.46. The Morgan fingerprint density at radius 1 is 1.18 bits per heavy atom. The van der Waals surface area contributed by atoms with E-state index in [1.165, 1.54) is 6.07 Å². The summed E-state index contributed by atoms with van der Waals surface area (Å²) < 4.78 is 37.1. The normalized spacial score (nSPS) is 11.6. The monoisotopic (exact) mass is 353 g/mol. The molecule has 0 heterocycles. The second kappa shape index (κ2) is 4.40. The van der Waals surface area contributed by atoms with Gasteiger partial charge in [-0.25, -0.2) is 0 Å². The Labute approximate surface area is 113 Å². The van der Waals surface area contributed by atoms with Crippen LogP contribution in [-0.2, 0) is 10.1 Å². The van der Waals surface area contributed by atoms with Crippen molar-refractivity contribution in [3.05, 3.63) is 30.3 Å². The van der Waals surface area contributed by atoms with Gasteiger partial charge in [0.25, 0.3) is 0 Å². The summed E-state index contributed by atoms with van der Waals surface area (Å²) in [4.78, 5) is -0.227. The van der Waals surface area contributed by atoms with Crippen LogP contribution in [-0.4, -0.2) is 37.8 Å². The summed E-state index contributed by atoms with van der Waals surface area (Å²) >= 11 is 0.391. The summed E-state index contributed by atoms with van der Waals surface area (Å²) in [6.45, 7) is 0. The number of nitrogens with two attached hydrogens (primary N) is 1. The number of rotatable bonds is 2. The quantitative estimate of drug-likeness (QED) is 0.624. The topological polar surface area (TPSA) is 89.6 Å². The van der Waals surface area contributed by atoms with E-state index in [1.807, 2.05) is 0 Å². The Morgan fingerprint density at radius 2 is 1.88 bits per heavy atom. The fraction of sp³-hybridized carbons (Fsp3) is 0. The molecule has 0 unspecified atom stereocenters. The molecular formula is C10H8InNO4S. The fourth-order valence-corrected chi connectivity index (χ4v) is 3.32. The van der Waals surface area contributed by atoms with Gasteiger partial charge >= 0.3 is 114 Å². The van der Waals surface area contributed by atoms with E-state index in [1.54, 1.807) is 24.3 Å². The van der Waals surface area contributed by atoms with Gasteiger partial charge in [0.2, 0.25) is 0 Å². The van der Waals surface area contributed by atoms with Crippen molar-refractivity contribution < 1.29 is 15.8 Å². The molecule has 0 aromatic heterocycles. The van der Waals surface area contributed by atoms with Gasteiger partial charge in [0.15, 0.2) is 0 Å². The Hall–Kier alpha value is -0.920. The van der Waals surface area contributed by atoms with E-state index in [9.17, 15) is 13.0 Å². The van der Waals surface area contributed by atoms with E-state index in [2.05, 4.69) is 0 Å². The summed E-state index contributed by atoms with van der Waals surface area (Å²) in [6, 6.07) is 8.04. The van der Waals surface area contributed by atoms with E-state index in [0.29, 0.717) is 41.3 Å². The van der Waals surface area contributed by atoms with Crippen LogP contribution in [0.3, 0.4) is 0 Å². The van der Waals surface area contributed by atoms with E-state index in [-0.39, 0.29) is 10.6 Å². The molecule has 5 nitrogen and oxygen atoms in total. The maximum absolute atomic E-state index is 11.4. The summed E-state index contributed by atoms with van der Waals surface area (Å²) in [7, 11) is -4.35. The van der Waals surface area contributed by atoms with Crippen molar-refractivity contribution in [1.29, 1.82) is 0 Å². The first-order valence-electron chi connectivity index (χ1n) is 4.60. The van der Waals surface area contributed by atoms with Gasteiger partial charge in [-0.3, -0.25) is 0 Å². The molecule has 2 radical (unpaired) electrons. The molecule has 0 fully saturated rings. The molecule has 0 saturated heterocycles. The molecule has 7 heteroatoms. The molecule has 0 aliphatic carbocycles. The van der Waals surface area contributed by atoms with E-state index >= 15 is 0 Å². The van der Waals surface area contributed by atoms with Gasteiger partial charge in [0.1, 0.15) is 0 Å². The predicted octanol–water partition coefficient (Wildman–Crippen LogP) is 1.13. The Kier molecular flexibility index (Phi) is 3.24. The van der Waals surface area contributed by atoms with E-state index in [0.717, 1.165) is 0 Å². The molecule has 86 valence electrons. The molecule has 0 bridgehead atoms. The number of nitrogen functional groups attached to an aromatic ring is 1. The molecule has 17 heavy (non-hydrogen) atoms. The fourth-order valence-electron chi connectivity index (χ4n) is 1.69. The van der Waals surface area contributed by atoms with Crippen LogP contribution in [0.15, 0.2) is 35.2 Å². The van der Waals surface area contributed by atoms with E-state index < -0.39 is 10.1 Å². The third-order valence-electron chi connectivity index (χ3n) is 2.39. The number of fused-ring (bicyclic) bond motifs is 1. The van der Waals surface area contributed by atoms with Crippen molar-refractivity contribution in [1.82, 2.24) is 0 Å². The molecule has 2 rings (SSSR count). The van der Waals surface area contributed by atoms with Gasteiger partial charge in [-0.05, 0) is 0 Å². The van der Waals surface area contributed by atoms with Crippen LogP contribution >= 0.6 is 0 Å². The van der Waals surface area contributed by atoms with Crippen molar-refractivity contribution in [3.63, 3.8) is 0 Å². The van der Waals surface area contributed by atoms with Gasteiger partial charge in [0, 0.05) is 0 Å². The summed E-state index contributed by atoms with van der Waals surface area (Å²) in [5.74, 6) is 0.146. The molecule has 0 saturated carbocycles. The van der Waals surface area contributed by atoms with Crippen molar-refractivity contribution >= 4 is 51.4 Å². The van der Waals surface area contributed by atoms with E-state index in [4.69, 9.17) is 8.59 Å². The molecule has 0 amide bonds. The van der Waals surface area contributed by atoms with Crippen LogP contribution in [0.1, 0.15) is 0 Å². The molecule has 0 atom stereocenters. The molecule has 0 aliphatic rings. The molecular weight excluding hydrogens is 345 g/mol. The van der Waals surface area contributed by atoms with Gasteiger partial charge in [0.05, 0.1) is 0 Å². The Balaban J connectivity index is 3.00. The number of anilines is 1. The molecule has 0 spiro atoms. The van der Waals surface area contributed by atoms with Crippen LogP contribution < -0.4 is 8.59 Å². The molecule has 2 aromatic rings. The SMILES string of the molecule is Nc1cccc2c(S(=O)(=O)O)c([O][In])ccc12.